The maximum Gasteiger partial charge on any atom is 0.280 e. The molecule has 0 fully saturated rings. The molecule has 0 amide bonds. The van der Waals surface area contributed by atoms with Crippen molar-refractivity contribution in [2.45, 2.75) is 4.90 Å². The maximum atomic E-state index is 13.1. The summed E-state index contributed by atoms with van der Waals surface area (Å²) in [5.74, 6) is 0.152. The number of methoxy groups -OCH3 is 1. The number of fused-ring (bicyclic) bond motifs is 1. The lowest BCUT2D eigenvalue weighted by atomic mass is 10.0. The summed E-state index contributed by atoms with van der Waals surface area (Å²) < 4.78 is 32.2. The Morgan fingerprint density at radius 1 is 0.966 bits per heavy atom. The molecule has 1 aliphatic heterocycles. The van der Waals surface area contributed by atoms with E-state index >= 15 is 0 Å². The number of benzene rings is 3. The first-order valence-electron chi connectivity index (χ1n) is 8.94. The van der Waals surface area contributed by atoms with Crippen LogP contribution in [0.25, 0.3) is 0 Å². The molecule has 0 unspecified atom stereocenters. The van der Waals surface area contributed by atoms with Crippen LogP contribution in [0.2, 0.25) is 0 Å². The predicted molar refractivity (Wildman–Crippen MR) is 110 cm³/mol. The fraction of sp³-hybridized carbons (Fsp3) is 0.0909. The van der Waals surface area contributed by atoms with E-state index in [4.69, 9.17) is 4.74 Å². The molecule has 29 heavy (non-hydrogen) atoms. The third-order valence-electron chi connectivity index (χ3n) is 4.63. The monoisotopic (exact) mass is 406 g/mol. The molecule has 7 heteroatoms. The number of carbonyl (C=O) groups is 1. The second kappa shape index (κ2) is 7.52. The highest BCUT2D eigenvalue weighted by molar-refractivity contribution is 7.89. The second-order valence-electron chi connectivity index (χ2n) is 6.45. The molecule has 6 nitrogen and oxygen atoms in total. The standard InChI is InChI=1S/C22H18N2O4S/c1-28-18-11-7-10-17(14-18)20(25)15-24-23-22(16-8-3-2-4-9-16)19-12-5-6-13-21(19)29(24,26)27/h2-14H,15H2,1H3. The van der Waals surface area contributed by atoms with Crippen LogP contribution < -0.4 is 4.74 Å². The molecule has 0 bridgehead atoms. The summed E-state index contributed by atoms with van der Waals surface area (Å²) in [5, 5.41) is 4.36. The van der Waals surface area contributed by atoms with Crippen LogP contribution in [-0.2, 0) is 10.0 Å². The Morgan fingerprint density at radius 2 is 1.69 bits per heavy atom. The Morgan fingerprint density at radius 3 is 2.45 bits per heavy atom. The highest BCUT2D eigenvalue weighted by Gasteiger charge is 2.34. The molecule has 4 rings (SSSR count). The lowest BCUT2D eigenvalue weighted by Crippen LogP contribution is -2.37. The van der Waals surface area contributed by atoms with Crippen molar-refractivity contribution >= 4 is 21.5 Å². The molecular formula is C22H18N2O4S. The first kappa shape index (κ1) is 18.9. The van der Waals surface area contributed by atoms with Crippen LogP contribution in [0.3, 0.4) is 0 Å². The zero-order valence-corrected chi connectivity index (χ0v) is 16.5. The SMILES string of the molecule is COc1cccc(C(=O)CN2N=C(c3ccccc3)c3ccccc3S2(=O)=O)c1. The Bertz CT molecular complexity index is 1200. The van der Waals surface area contributed by atoms with Crippen molar-refractivity contribution in [1.82, 2.24) is 4.41 Å². The largest absolute Gasteiger partial charge is 0.497 e. The van der Waals surface area contributed by atoms with Crippen molar-refractivity contribution < 1.29 is 17.9 Å². The van der Waals surface area contributed by atoms with Crippen molar-refractivity contribution in [2.24, 2.45) is 5.10 Å². The van der Waals surface area contributed by atoms with Gasteiger partial charge >= 0.3 is 0 Å². The molecule has 0 atom stereocenters. The Hall–Kier alpha value is -3.45. The number of sulfonamides is 1. The second-order valence-corrected chi connectivity index (χ2v) is 8.26. The van der Waals surface area contributed by atoms with Gasteiger partial charge in [-0.05, 0) is 18.2 Å². The quantitative estimate of drug-likeness (QED) is 0.609. The fourth-order valence-electron chi connectivity index (χ4n) is 3.16. The molecule has 3 aromatic rings. The number of hydrogen-bond donors (Lipinski definition) is 0. The number of ketones is 1. The number of nitrogens with zero attached hydrogens (tertiary/aromatic N) is 2. The third-order valence-corrected chi connectivity index (χ3v) is 6.30. The molecule has 0 aromatic heterocycles. The Labute approximate surface area is 169 Å². The average molecular weight is 406 g/mol. The van der Waals surface area contributed by atoms with Crippen LogP contribution >= 0.6 is 0 Å². The summed E-state index contributed by atoms with van der Waals surface area (Å²) in [7, 11) is -2.44. The number of Topliss-reactive ketones (excluding diaryl/α,β-unsaturated/α-hetero) is 1. The molecule has 1 heterocycles. The number of hydrogen-bond acceptors (Lipinski definition) is 5. The van der Waals surface area contributed by atoms with E-state index in [0.717, 1.165) is 9.98 Å². The average Bonchev–Trinajstić information content (AvgIpc) is 2.76. The van der Waals surface area contributed by atoms with Gasteiger partial charge in [0.15, 0.2) is 5.78 Å². The summed E-state index contributed by atoms with van der Waals surface area (Å²) in [4.78, 5) is 12.9. The van der Waals surface area contributed by atoms with Crippen LogP contribution in [0.4, 0.5) is 0 Å². The zero-order valence-electron chi connectivity index (χ0n) is 15.6. The minimum absolute atomic E-state index is 0.132. The molecule has 0 radical (unpaired) electrons. The van der Waals surface area contributed by atoms with Gasteiger partial charge in [0.25, 0.3) is 10.0 Å². The van der Waals surface area contributed by atoms with Gasteiger partial charge in [0.2, 0.25) is 0 Å². The van der Waals surface area contributed by atoms with Crippen LogP contribution in [0.15, 0.2) is 88.9 Å². The molecule has 3 aromatic carbocycles. The lowest BCUT2D eigenvalue weighted by Gasteiger charge is -2.26. The van der Waals surface area contributed by atoms with E-state index < -0.39 is 16.6 Å². The lowest BCUT2D eigenvalue weighted by molar-refractivity contribution is 0.0967. The van der Waals surface area contributed by atoms with Crippen LogP contribution in [0.1, 0.15) is 21.5 Å². The molecule has 146 valence electrons. The highest BCUT2D eigenvalue weighted by Crippen LogP contribution is 2.29. The van der Waals surface area contributed by atoms with E-state index in [1.54, 1.807) is 42.5 Å². The van der Waals surface area contributed by atoms with Crippen molar-refractivity contribution in [1.29, 1.82) is 0 Å². The van der Waals surface area contributed by atoms with E-state index in [9.17, 15) is 13.2 Å². The highest BCUT2D eigenvalue weighted by atomic mass is 32.2. The van der Waals surface area contributed by atoms with Crippen LogP contribution in [0.5, 0.6) is 5.75 Å². The molecule has 0 N–H and O–H groups in total. The first-order chi connectivity index (χ1) is 14.0. The molecular weight excluding hydrogens is 388 g/mol. The van der Waals surface area contributed by atoms with E-state index in [2.05, 4.69) is 5.10 Å². The van der Waals surface area contributed by atoms with Gasteiger partial charge in [0, 0.05) is 16.7 Å². The molecule has 0 spiro atoms. The smallest absolute Gasteiger partial charge is 0.280 e. The van der Waals surface area contributed by atoms with Gasteiger partial charge in [-0.15, -0.1) is 0 Å². The summed E-state index contributed by atoms with van der Waals surface area (Å²) >= 11 is 0. The maximum absolute atomic E-state index is 13.1. The zero-order chi connectivity index (χ0) is 20.4. The van der Waals surface area contributed by atoms with Gasteiger partial charge in [0.05, 0.1) is 12.0 Å². The fourth-order valence-corrected chi connectivity index (χ4v) is 4.56. The van der Waals surface area contributed by atoms with E-state index in [0.29, 0.717) is 22.6 Å². The van der Waals surface area contributed by atoms with E-state index in [-0.39, 0.29) is 10.7 Å². The van der Waals surface area contributed by atoms with Gasteiger partial charge in [-0.3, -0.25) is 4.79 Å². The molecule has 0 aliphatic carbocycles. The predicted octanol–water partition coefficient (Wildman–Crippen LogP) is 3.33. The van der Waals surface area contributed by atoms with Gasteiger partial charge in [-0.25, -0.2) is 0 Å². The summed E-state index contributed by atoms with van der Waals surface area (Å²) in [6.45, 7) is -0.403. The van der Waals surface area contributed by atoms with Crippen molar-refractivity contribution in [2.75, 3.05) is 13.7 Å². The van der Waals surface area contributed by atoms with Gasteiger partial charge in [-0.1, -0.05) is 60.7 Å². The normalized spacial score (nSPS) is 14.7. The third kappa shape index (κ3) is 3.52. The summed E-state index contributed by atoms with van der Waals surface area (Å²) in [5.41, 5.74) is 2.15. The van der Waals surface area contributed by atoms with Crippen LogP contribution in [-0.4, -0.2) is 38.0 Å². The first-order valence-corrected chi connectivity index (χ1v) is 10.4. The number of rotatable bonds is 5. The number of hydrazone groups is 1. The topological polar surface area (TPSA) is 76.0 Å². The summed E-state index contributed by atoms with van der Waals surface area (Å²) in [6.07, 6.45) is 0. The number of carbonyl (C=O) groups excluding carboxylic acids is 1. The Balaban J connectivity index is 1.77. The summed E-state index contributed by atoms with van der Waals surface area (Å²) in [6, 6.07) is 22.6. The molecule has 0 saturated heterocycles. The van der Waals surface area contributed by atoms with Crippen molar-refractivity contribution in [3.8, 4) is 5.75 Å². The molecule has 0 saturated carbocycles. The van der Waals surface area contributed by atoms with E-state index in [1.165, 1.54) is 13.2 Å². The van der Waals surface area contributed by atoms with Gasteiger partial charge in [-0.2, -0.15) is 17.9 Å². The van der Waals surface area contributed by atoms with Crippen molar-refractivity contribution in [3.05, 3.63) is 95.6 Å². The number of ether oxygens (including phenoxy) is 1. The minimum atomic E-state index is -3.95. The van der Waals surface area contributed by atoms with Crippen molar-refractivity contribution in [3.63, 3.8) is 0 Å². The van der Waals surface area contributed by atoms with Crippen LogP contribution in [0, 0.1) is 0 Å². The van der Waals surface area contributed by atoms with E-state index in [1.807, 2.05) is 30.3 Å². The molecule has 1 aliphatic rings. The Kier molecular flexibility index (Phi) is 4.90. The van der Waals surface area contributed by atoms with Gasteiger partial charge < -0.3 is 4.74 Å². The minimum Gasteiger partial charge on any atom is -0.497 e. The van der Waals surface area contributed by atoms with Gasteiger partial charge in [0.1, 0.15) is 18.0 Å².